The van der Waals surface area contributed by atoms with Crippen LogP contribution in [0.4, 0.5) is 14.5 Å². The van der Waals surface area contributed by atoms with Gasteiger partial charge in [0.15, 0.2) is 12.4 Å². The van der Waals surface area contributed by atoms with Gasteiger partial charge in [0.2, 0.25) is 5.91 Å². The molecule has 1 heterocycles. The van der Waals surface area contributed by atoms with Crippen LogP contribution in [0.1, 0.15) is 28.8 Å². The predicted octanol–water partition coefficient (Wildman–Crippen LogP) is 3.54. The van der Waals surface area contributed by atoms with Gasteiger partial charge in [0, 0.05) is 16.1 Å². The quantitative estimate of drug-likeness (QED) is 0.463. The number of ether oxygens (including phenoxy) is 1. The highest BCUT2D eigenvalue weighted by Crippen LogP contribution is 2.32. The van der Waals surface area contributed by atoms with E-state index >= 15 is 0 Å². The molecule has 27 heavy (non-hydrogen) atoms. The first kappa shape index (κ1) is 19.0. The van der Waals surface area contributed by atoms with Crippen LogP contribution in [0.15, 0.2) is 41.3 Å². The average molecular weight is 391 g/mol. The van der Waals surface area contributed by atoms with Crippen molar-refractivity contribution < 1.29 is 27.9 Å². The Hall–Kier alpha value is -2.74. The highest BCUT2D eigenvalue weighted by molar-refractivity contribution is 8.00. The smallest absolute Gasteiger partial charge is 0.316 e. The number of carbonyl (C=O) groups excluding carboxylic acids is 3. The summed E-state index contributed by atoms with van der Waals surface area (Å²) in [5, 5.41) is 2.71. The first-order valence-corrected chi connectivity index (χ1v) is 9.05. The molecule has 0 spiro atoms. The van der Waals surface area contributed by atoms with Gasteiger partial charge in [0.25, 0.3) is 0 Å². The summed E-state index contributed by atoms with van der Waals surface area (Å²) in [6.07, 6.45) is 0. The number of anilines is 1. The van der Waals surface area contributed by atoms with Crippen LogP contribution in [0.3, 0.4) is 0 Å². The maximum Gasteiger partial charge on any atom is 0.316 e. The van der Waals surface area contributed by atoms with Gasteiger partial charge in [-0.25, -0.2) is 8.78 Å². The summed E-state index contributed by atoms with van der Waals surface area (Å²) >= 11 is 0.787. The highest BCUT2D eigenvalue weighted by Gasteiger charge is 2.27. The molecule has 3 rings (SSSR count). The molecule has 0 unspecified atom stereocenters. The molecule has 2 aromatic rings. The Morgan fingerprint density at radius 3 is 2.74 bits per heavy atom. The second kappa shape index (κ2) is 7.87. The number of carbonyl (C=O) groups is 3. The first-order chi connectivity index (χ1) is 12.8. The molecule has 0 fully saturated rings. The zero-order valence-corrected chi connectivity index (χ0v) is 15.1. The maximum atomic E-state index is 13.5. The minimum absolute atomic E-state index is 0.0111. The lowest BCUT2D eigenvalue weighted by atomic mass is 9.99. The summed E-state index contributed by atoms with van der Waals surface area (Å²) in [5.41, 5.74) is 1.71. The van der Waals surface area contributed by atoms with Crippen molar-refractivity contribution in [2.24, 2.45) is 0 Å². The Morgan fingerprint density at radius 1 is 1.19 bits per heavy atom. The number of fused-ring (bicyclic) bond motifs is 1. The Morgan fingerprint density at radius 2 is 1.96 bits per heavy atom. The third kappa shape index (κ3) is 4.33. The van der Waals surface area contributed by atoms with Gasteiger partial charge in [-0.1, -0.05) is 0 Å². The monoisotopic (exact) mass is 391 g/mol. The van der Waals surface area contributed by atoms with Crippen LogP contribution >= 0.6 is 11.8 Å². The third-order valence-corrected chi connectivity index (χ3v) is 5.10. The average Bonchev–Trinajstić information content (AvgIpc) is 2.94. The van der Waals surface area contributed by atoms with E-state index < -0.39 is 30.0 Å². The Balaban J connectivity index is 1.54. The van der Waals surface area contributed by atoms with Crippen molar-refractivity contribution in [1.29, 1.82) is 0 Å². The molecule has 2 aromatic carbocycles. The van der Waals surface area contributed by atoms with Crippen molar-refractivity contribution in [2.75, 3.05) is 17.7 Å². The van der Waals surface area contributed by atoms with Gasteiger partial charge >= 0.3 is 5.97 Å². The van der Waals surface area contributed by atoms with Gasteiger partial charge in [-0.3, -0.25) is 14.4 Å². The summed E-state index contributed by atoms with van der Waals surface area (Å²) in [5.74, 6) is -3.13. The van der Waals surface area contributed by atoms with Crippen LogP contribution in [-0.4, -0.2) is 30.0 Å². The van der Waals surface area contributed by atoms with E-state index in [2.05, 4.69) is 5.32 Å². The summed E-state index contributed by atoms with van der Waals surface area (Å²) in [6.45, 7) is 1.26. The van der Waals surface area contributed by atoms with Gasteiger partial charge in [0.1, 0.15) is 11.6 Å². The standard InChI is InChI=1S/C19H15F2NO4S/c1-10-13-6-11(2-5-15(13)22-19(10)25)16(23)8-26-18(24)9-27-17-7-12(20)3-4-14(17)21/h2-7,10H,8-9H2,1H3,(H,22,25)/t10-/m1/s1. The number of rotatable bonds is 6. The molecule has 8 heteroatoms. The molecule has 140 valence electrons. The number of amides is 1. The zero-order valence-electron chi connectivity index (χ0n) is 14.3. The Labute approximate surface area is 158 Å². The topological polar surface area (TPSA) is 72.5 Å². The van der Waals surface area contributed by atoms with Crippen molar-refractivity contribution in [1.82, 2.24) is 0 Å². The van der Waals surface area contributed by atoms with Crippen LogP contribution in [-0.2, 0) is 14.3 Å². The van der Waals surface area contributed by atoms with Crippen LogP contribution in [0, 0.1) is 11.6 Å². The van der Waals surface area contributed by atoms with Crippen LogP contribution in [0.25, 0.3) is 0 Å². The van der Waals surface area contributed by atoms with Gasteiger partial charge in [-0.05, 0) is 48.9 Å². The van der Waals surface area contributed by atoms with E-state index in [1.165, 1.54) is 0 Å². The van der Waals surface area contributed by atoms with Crippen molar-refractivity contribution >= 4 is 35.1 Å². The lowest BCUT2D eigenvalue weighted by Crippen LogP contribution is -2.15. The second-order valence-corrected chi connectivity index (χ2v) is 6.98. The lowest BCUT2D eigenvalue weighted by Gasteiger charge is -2.07. The minimum Gasteiger partial charge on any atom is -0.457 e. The second-order valence-electron chi connectivity index (χ2n) is 5.96. The normalized spacial score (nSPS) is 15.2. The molecule has 1 amide bonds. The number of ketones is 1. The molecule has 1 N–H and O–H groups in total. The third-order valence-electron chi connectivity index (χ3n) is 4.09. The molecule has 1 aliphatic heterocycles. The summed E-state index contributed by atoms with van der Waals surface area (Å²) < 4.78 is 31.5. The molecule has 1 atom stereocenters. The summed E-state index contributed by atoms with van der Waals surface area (Å²) in [6, 6.07) is 7.72. The fraction of sp³-hybridized carbons (Fsp3) is 0.211. The number of benzene rings is 2. The molecule has 5 nitrogen and oxygen atoms in total. The number of halogens is 2. The molecular formula is C19H15F2NO4S. The molecule has 1 aliphatic rings. The lowest BCUT2D eigenvalue weighted by molar-refractivity contribution is -0.139. The Kier molecular flexibility index (Phi) is 5.55. The van der Waals surface area contributed by atoms with Crippen molar-refractivity contribution in [2.45, 2.75) is 17.7 Å². The van der Waals surface area contributed by atoms with Crippen LogP contribution in [0.5, 0.6) is 0 Å². The molecular weight excluding hydrogens is 376 g/mol. The summed E-state index contributed by atoms with van der Waals surface area (Å²) in [7, 11) is 0. The van der Waals surface area contributed by atoms with E-state index in [9.17, 15) is 23.2 Å². The minimum atomic E-state index is -0.719. The number of thioether (sulfide) groups is 1. The molecule has 0 aromatic heterocycles. The number of hydrogen-bond acceptors (Lipinski definition) is 5. The van der Waals surface area contributed by atoms with E-state index in [-0.39, 0.29) is 22.5 Å². The molecule has 0 radical (unpaired) electrons. The van der Waals surface area contributed by atoms with Crippen LogP contribution < -0.4 is 5.32 Å². The number of hydrogen-bond donors (Lipinski definition) is 1. The van der Waals surface area contributed by atoms with Crippen LogP contribution in [0.2, 0.25) is 0 Å². The molecule has 0 aliphatic carbocycles. The maximum absolute atomic E-state index is 13.5. The fourth-order valence-corrected chi connectivity index (χ4v) is 3.34. The van der Waals surface area contributed by atoms with Gasteiger partial charge in [0.05, 0.1) is 11.7 Å². The van der Waals surface area contributed by atoms with E-state index in [0.29, 0.717) is 16.8 Å². The largest absolute Gasteiger partial charge is 0.457 e. The Bertz CT molecular complexity index is 932. The first-order valence-electron chi connectivity index (χ1n) is 8.06. The van der Waals surface area contributed by atoms with E-state index in [1.807, 2.05) is 0 Å². The van der Waals surface area contributed by atoms with Gasteiger partial charge in [-0.15, -0.1) is 11.8 Å². The summed E-state index contributed by atoms with van der Waals surface area (Å²) in [4.78, 5) is 35.6. The number of nitrogens with one attached hydrogen (secondary N) is 1. The van der Waals surface area contributed by atoms with Gasteiger partial charge in [-0.2, -0.15) is 0 Å². The highest BCUT2D eigenvalue weighted by atomic mass is 32.2. The fourth-order valence-electron chi connectivity index (χ4n) is 2.59. The predicted molar refractivity (Wildman–Crippen MR) is 95.9 cm³/mol. The molecule has 0 saturated heterocycles. The van der Waals surface area contributed by atoms with Crippen molar-refractivity contribution in [3.05, 3.63) is 59.2 Å². The van der Waals surface area contributed by atoms with Crippen molar-refractivity contribution in [3.8, 4) is 0 Å². The SMILES string of the molecule is C[C@H]1C(=O)Nc2ccc(C(=O)COC(=O)CSc3cc(F)ccc3F)cc21. The van der Waals surface area contributed by atoms with E-state index in [4.69, 9.17) is 4.74 Å². The van der Waals surface area contributed by atoms with Crippen molar-refractivity contribution in [3.63, 3.8) is 0 Å². The number of Topliss-reactive ketones (excluding diaryl/α,β-unsaturated/α-hetero) is 1. The molecule has 0 saturated carbocycles. The van der Waals surface area contributed by atoms with E-state index in [0.717, 1.165) is 30.0 Å². The number of esters is 1. The zero-order chi connectivity index (χ0) is 19.6. The molecule has 0 bridgehead atoms. The van der Waals surface area contributed by atoms with E-state index in [1.54, 1.807) is 25.1 Å². The van der Waals surface area contributed by atoms with Gasteiger partial charge < -0.3 is 10.1 Å².